The number of amides is 1. The minimum Gasteiger partial charge on any atom is -0.385 e. The number of nitrogens with zero attached hydrogens (tertiary/aromatic N) is 4. The van der Waals surface area contributed by atoms with E-state index in [4.69, 9.17) is 11.6 Å². The lowest BCUT2D eigenvalue weighted by Crippen LogP contribution is -2.44. The third-order valence-corrected chi connectivity index (χ3v) is 6.30. The van der Waals surface area contributed by atoms with Crippen LogP contribution >= 0.6 is 11.6 Å². The molecule has 2 heterocycles. The van der Waals surface area contributed by atoms with E-state index in [0.29, 0.717) is 22.4 Å². The Kier molecular flexibility index (Phi) is 8.89. The molecule has 9 heteroatoms. The van der Waals surface area contributed by atoms with Crippen molar-refractivity contribution < 1.29 is 4.79 Å². The molecule has 1 aliphatic rings. The summed E-state index contributed by atoms with van der Waals surface area (Å²) in [7, 11) is 2.18. The van der Waals surface area contributed by atoms with E-state index in [9.17, 15) is 4.79 Å². The highest BCUT2D eigenvalue weighted by Crippen LogP contribution is 2.29. The van der Waals surface area contributed by atoms with E-state index in [1.54, 1.807) is 12.3 Å². The Morgan fingerprint density at radius 1 is 1.08 bits per heavy atom. The van der Waals surface area contributed by atoms with Gasteiger partial charge in [-0.3, -0.25) is 4.79 Å². The van der Waals surface area contributed by atoms with Gasteiger partial charge in [0.25, 0.3) is 0 Å². The van der Waals surface area contributed by atoms with Crippen LogP contribution in [-0.4, -0.2) is 72.0 Å². The molecule has 0 aliphatic carbocycles. The van der Waals surface area contributed by atoms with Gasteiger partial charge in [0.05, 0.1) is 16.9 Å². The van der Waals surface area contributed by atoms with Crippen LogP contribution in [0.3, 0.4) is 0 Å². The summed E-state index contributed by atoms with van der Waals surface area (Å²) in [6.07, 6.45) is 3.89. The molecule has 0 bridgehead atoms. The number of aromatic nitrogens is 2. The largest absolute Gasteiger partial charge is 0.385 e. The number of benzene rings is 2. The van der Waals surface area contributed by atoms with Crippen LogP contribution in [0.2, 0.25) is 5.02 Å². The number of hydrogen-bond donors (Lipinski definition) is 3. The van der Waals surface area contributed by atoms with Crippen LogP contribution in [0.15, 0.2) is 67.4 Å². The first-order valence-electron chi connectivity index (χ1n) is 12.1. The molecule has 1 aromatic heterocycles. The van der Waals surface area contributed by atoms with E-state index >= 15 is 0 Å². The summed E-state index contributed by atoms with van der Waals surface area (Å²) in [6, 6.07) is 15.4. The Morgan fingerprint density at radius 2 is 1.83 bits per heavy atom. The van der Waals surface area contributed by atoms with Gasteiger partial charge in [0.15, 0.2) is 0 Å². The van der Waals surface area contributed by atoms with Crippen molar-refractivity contribution in [1.29, 1.82) is 0 Å². The van der Waals surface area contributed by atoms with Gasteiger partial charge in [0.1, 0.15) is 0 Å². The predicted molar refractivity (Wildman–Crippen MR) is 148 cm³/mol. The lowest BCUT2D eigenvalue weighted by molar-refractivity contribution is -0.111. The molecule has 3 aromatic rings. The minimum atomic E-state index is -0.281. The number of carbonyl (C=O) groups excluding carboxylic acids is 1. The maximum absolute atomic E-state index is 11.6. The molecule has 4 rings (SSSR count). The lowest BCUT2D eigenvalue weighted by Gasteiger charge is -2.32. The second kappa shape index (κ2) is 12.5. The van der Waals surface area contributed by atoms with Crippen molar-refractivity contribution in [2.75, 3.05) is 62.3 Å². The standard InChI is InChI=1S/C27H32ClN7O/c1-3-25(36)31-22-9-4-7-20(17-22)26-24(28)19-30-27(33-26)32-23-10-5-8-21(18-23)29-11-6-12-35-15-13-34(2)14-16-35/h3-5,7-10,17-19,29H,1,6,11-16H2,2H3,(H,31,36)(H,30,32,33). The molecule has 2 aromatic carbocycles. The van der Waals surface area contributed by atoms with Gasteiger partial charge >= 0.3 is 0 Å². The molecule has 3 N–H and O–H groups in total. The van der Waals surface area contributed by atoms with Gasteiger partial charge in [-0.25, -0.2) is 9.97 Å². The van der Waals surface area contributed by atoms with Crippen molar-refractivity contribution >= 4 is 40.5 Å². The highest BCUT2D eigenvalue weighted by Gasteiger charge is 2.13. The molecule has 1 saturated heterocycles. The van der Waals surface area contributed by atoms with Crippen molar-refractivity contribution in [2.24, 2.45) is 0 Å². The average molecular weight is 506 g/mol. The third-order valence-electron chi connectivity index (χ3n) is 6.03. The summed E-state index contributed by atoms with van der Waals surface area (Å²) < 4.78 is 0. The number of piperazine rings is 1. The molecule has 36 heavy (non-hydrogen) atoms. The molecule has 8 nitrogen and oxygen atoms in total. The first-order chi connectivity index (χ1) is 17.5. The van der Waals surface area contributed by atoms with E-state index in [2.05, 4.69) is 55.4 Å². The maximum Gasteiger partial charge on any atom is 0.247 e. The number of carbonyl (C=O) groups is 1. The van der Waals surface area contributed by atoms with Crippen LogP contribution in [0.1, 0.15) is 6.42 Å². The SMILES string of the molecule is C=CC(=O)Nc1cccc(-c2nc(Nc3cccc(NCCCN4CCN(C)CC4)c3)ncc2Cl)c1. The predicted octanol–water partition coefficient (Wildman–Crippen LogP) is 4.71. The quantitative estimate of drug-likeness (QED) is 0.271. The van der Waals surface area contributed by atoms with Crippen LogP contribution in [0, 0.1) is 0 Å². The summed E-state index contributed by atoms with van der Waals surface area (Å²) in [5, 5.41) is 9.95. The fourth-order valence-electron chi connectivity index (χ4n) is 4.01. The van der Waals surface area contributed by atoms with E-state index in [1.165, 1.54) is 6.08 Å². The molecule has 0 radical (unpaired) electrons. The van der Waals surface area contributed by atoms with E-state index in [-0.39, 0.29) is 5.91 Å². The monoisotopic (exact) mass is 505 g/mol. The second-order valence-electron chi connectivity index (χ2n) is 8.80. The maximum atomic E-state index is 11.6. The summed E-state index contributed by atoms with van der Waals surface area (Å²) in [5.41, 5.74) is 3.88. The zero-order valence-corrected chi connectivity index (χ0v) is 21.3. The molecule has 1 fully saturated rings. The van der Waals surface area contributed by atoms with E-state index < -0.39 is 0 Å². The van der Waals surface area contributed by atoms with Gasteiger partial charge in [0.2, 0.25) is 11.9 Å². The Bertz CT molecular complexity index is 1190. The fourth-order valence-corrected chi connectivity index (χ4v) is 4.21. The molecular weight excluding hydrogens is 474 g/mol. The Balaban J connectivity index is 1.37. The van der Waals surface area contributed by atoms with Gasteiger partial charge in [-0.15, -0.1) is 0 Å². The molecule has 0 atom stereocenters. The number of halogens is 1. The summed E-state index contributed by atoms with van der Waals surface area (Å²) in [5.74, 6) is 0.151. The van der Waals surface area contributed by atoms with Crippen molar-refractivity contribution in [2.45, 2.75) is 6.42 Å². The minimum absolute atomic E-state index is 0.281. The highest BCUT2D eigenvalue weighted by atomic mass is 35.5. The van der Waals surface area contributed by atoms with Crippen LogP contribution in [-0.2, 0) is 4.79 Å². The molecular formula is C27H32ClN7O. The smallest absolute Gasteiger partial charge is 0.247 e. The molecule has 1 amide bonds. The number of anilines is 4. The number of rotatable bonds is 10. The van der Waals surface area contributed by atoms with Gasteiger partial charge < -0.3 is 25.8 Å². The molecule has 1 aliphatic heterocycles. The van der Waals surface area contributed by atoms with Crippen molar-refractivity contribution in [3.8, 4) is 11.3 Å². The van der Waals surface area contributed by atoms with Crippen LogP contribution < -0.4 is 16.0 Å². The van der Waals surface area contributed by atoms with Crippen molar-refractivity contribution in [1.82, 2.24) is 19.8 Å². The Labute approximate surface area is 217 Å². The van der Waals surface area contributed by atoms with Crippen LogP contribution in [0.4, 0.5) is 23.0 Å². The average Bonchev–Trinajstić information content (AvgIpc) is 2.89. The first kappa shape index (κ1) is 25.6. The number of hydrogen-bond acceptors (Lipinski definition) is 7. The Morgan fingerprint density at radius 3 is 2.64 bits per heavy atom. The third kappa shape index (κ3) is 7.27. The fraction of sp³-hybridized carbons (Fsp3) is 0.296. The van der Waals surface area contributed by atoms with Gasteiger partial charge in [-0.05, 0) is 56.4 Å². The van der Waals surface area contributed by atoms with E-state index in [1.807, 2.05) is 36.4 Å². The van der Waals surface area contributed by atoms with Gasteiger partial charge in [-0.2, -0.15) is 0 Å². The molecule has 0 spiro atoms. The number of likely N-dealkylation sites (N-methyl/N-ethyl adjacent to an activating group) is 1. The summed E-state index contributed by atoms with van der Waals surface area (Å²) in [6.45, 7) is 10.1. The Hall–Kier alpha value is -3.46. The first-order valence-corrected chi connectivity index (χ1v) is 12.5. The summed E-state index contributed by atoms with van der Waals surface area (Å²) in [4.78, 5) is 25.5. The molecule has 0 unspecified atom stereocenters. The number of nitrogens with one attached hydrogen (secondary N) is 3. The van der Waals surface area contributed by atoms with Crippen LogP contribution in [0.5, 0.6) is 0 Å². The van der Waals surface area contributed by atoms with Crippen molar-refractivity contribution in [3.05, 3.63) is 72.4 Å². The van der Waals surface area contributed by atoms with E-state index in [0.717, 1.165) is 62.6 Å². The zero-order valence-electron chi connectivity index (χ0n) is 20.5. The zero-order chi connectivity index (χ0) is 25.3. The van der Waals surface area contributed by atoms with Gasteiger partial charge in [0, 0.05) is 55.3 Å². The normalized spacial score (nSPS) is 14.3. The highest BCUT2D eigenvalue weighted by molar-refractivity contribution is 6.33. The van der Waals surface area contributed by atoms with Crippen LogP contribution in [0.25, 0.3) is 11.3 Å². The van der Waals surface area contributed by atoms with Gasteiger partial charge in [-0.1, -0.05) is 36.4 Å². The molecule has 0 saturated carbocycles. The van der Waals surface area contributed by atoms with Crippen molar-refractivity contribution in [3.63, 3.8) is 0 Å². The molecule has 188 valence electrons. The summed E-state index contributed by atoms with van der Waals surface area (Å²) >= 11 is 6.41. The topological polar surface area (TPSA) is 85.4 Å². The second-order valence-corrected chi connectivity index (χ2v) is 9.20. The lowest BCUT2D eigenvalue weighted by atomic mass is 10.1.